The molecule has 1 fully saturated rings. The molecule has 2 aromatic rings. The van der Waals surface area contributed by atoms with Crippen molar-refractivity contribution in [3.8, 4) is 5.75 Å². The predicted octanol–water partition coefficient (Wildman–Crippen LogP) is 5.83. The number of piperidine rings is 1. The van der Waals surface area contributed by atoms with Crippen LogP contribution in [-0.4, -0.2) is 82.3 Å². The van der Waals surface area contributed by atoms with Crippen LogP contribution in [0.25, 0.3) is 0 Å². The van der Waals surface area contributed by atoms with Crippen LogP contribution in [0.5, 0.6) is 5.75 Å². The highest BCUT2D eigenvalue weighted by molar-refractivity contribution is 6.05. The van der Waals surface area contributed by atoms with E-state index in [2.05, 4.69) is 5.32 Å². The number of ether oxygens (including phenoxy) is 2. The molecule has 4 amide bonds. The Morgan fingerprint density at radius 2 is 1.83 bits per heavy atom. The highest BCUT2D eigenvalue weighted by atomic mass is 16.5. The van der Waals surface area contributed by atoms with Crippen LogP contribution in [0.15, 0.2) is 42.5 Å². The van der Waals surface area contributed by atoms with Crippen molar-refractivity contribution in [2.24, 2.45) is 5.41 Å². The second kappa shape index (κ2) is 13.6. The second-order valence-electron chi connectivity index (χ2n) is 14.0. The molecule has 2 aromatic carbocycles. The molecule has 2 atom stereocenters. The Hall–Kier alpha value is -4.28. The fourth-order valence-electron chi connectivity index (χ4n) is 6.65. The summed E-state index contributed by atoms with van der Waals surface area (Å²) in [5, 5.41) is 12.8. The maximum atomic E-state index is 14.5. The zero-order chi connectivity index (χ0) is 34.0. The van der Waals surface area contributed by atoms with Gasteiger partial charge in [0.05, 0.1) is 17.8 Å². The summed E-state index contributed by atoms with van der Waals surface area (Å²) in [7, 11) is 0. The predicted molar refractivity (Wildman–Crippen MR) is 175 cm³/mol. The third-order valence-corrected chi connectivity index (χ3v) is 8.65. The van der Waals surface area contributed by atoms with E-state index < -0.39 is 29.2 Å². The average molecular weight is 637 g/mol. The number of amides is 4. The van der Waals surface area contributed by atoms with Crippen molar-refractivity contribution in [3.05, 3.63) is 59.2 Å². The number of nitrogens with one attached hydrogen (secondary N) is 1. The lowest BCUT2D eigenvalue weighted by Crippen LogP contribution is -2.63. The molecule has 0 aliphatic carbocycles. The van der Waals surface area contributed by atoms with Crippen LogP contribution in [0.4, 0.5) is 15.3 Å². The van der Waals surface area contributed by atoms with E-state index in [0.29, 0.717) is 42.0 Å². The quantitative estimate of drug-likeness (QED) is 0.373. The van der Waals surface area contributed by atoms with Crippen molar-refractivity contribution in [1.29, 1.82) is 0 Å². The molecule has 0 aromatic heterocycles. The van der Waals surface area contributed by atoms with Gasteiger partial charge in [0.2, 0.25) is 0 Å². The summed E-state index contributed by atoms with van der Waals surface area (Å²) in [5.41, 5.74) is 0.802. The molecule has 2 aliphatic rings. The molecule has 2 aliphatic heterocycles. The molecule has 2 N–H and O–H groups in total. The van der Waals surface area contributed by atoms with Crippen LogP contribution in [0.3, 0.4) is 0 Å². The molecule has 1 unspecified atom stereocenters. The van der Waals surface area contributed by atoms with E-state index in [-0.39, 0.29) is 43.6 Å². The number of likely N-dealkylation sites (tertiary alicyclic amines) is 1. The van der Waals surface area contributed by atoms with E-state index in [4.69, 9.17) is 9.47 Å². The molecule has 0 bridgehead atoms. The molecule has 2 heterocycles. The van der Waals surface area contributed by atoms with Crippen molar-refractivity contribution < 1.29 is 33.8 Å². The maximum Gasteiger partial charge on any atom is 0.407 e. The molecule has 0 radical (unpaired) electrons. The van der Waals surface area contributed by atoms with E-state index in [1.807, 2.05) is 76.8 Å². The molecule has 0 saturated carbocycles. The summed E-state index contributed by atoms with van der Waals surface area (Å²) in [6, 6.07) is 11.8. The van der Waals surface area contributed by atoms with Crippen molar-refractivity contribution >= 4 is 29.7 Å². The SMILES string of the molecule is Cc1cc2c(cc1C(=O)N(C(C)C)[C@@H]1CCCN(C(=O)O)C1C(C)(C)C)N(CCNC(=O)OCc1ccccc1)C(=O)C(C)(C)O2. The first kappa shape index (κ1) is 34.6. The maximum absolute atomic E-state index is 14.5. The molecule has 11 heteroatoms. The highest BCUT2D eigenvalue weighted by Gasteiger charge is 2.47. The van der Waals surface area contributed by atoms with Gasteiger partial charge in [0.15, 0.2) is 5.60 Å². The molecule has 4 rings (SSSR count). The van der Waals surface area contributed by atoms with Crippen LogP contribution in [0.2, 0.25) is 0 Å². The fourth-order valence-corrected chi connectivity index (χ4v) is 6.65. The lowest BCUT2D eigenvalue weighted by molar-refractivity contribution is -0.132. The summed E-state index contributed by atoms with van der Waals surface area (Å²) in [6.07, 6.45) is -0.270. The number of hydrogen-bond donors (Lipinski definition) is 2. The van der Waals surface area contributed by atoms with E-state index in [9.17, 15) is 24.3 Å². The summed E-state index contributed by atoms with van der Waals surface area (Å²) >= 11 is 0. The third kappa shape index (κ3) is 7.40. The van der Waals surface area contributed by atoms with E-state index >= 15 is 0 Å². The van der Waals surface area contributed by atoms with Gasteiger partial charge in [0.1, 0.15) is 12.4 Å². The Bertz CT molecular complexity index is 1450. The number of hydrogen-bond acceptors (Lipinski definition) is 6. The topological polar surface area (TPSA) is 129 Å². The molecular weight excluding hydrogens is 588 g/mol. The number of alkyl carbamates (subject to hydrolysis) is 1. The first-order valence-electron chi connectivity index (χ1n) is 16.0. The van der Waals surface area contributed by atoms with Crippen LogP contribution in [0.1, 0.15) is 82.8 Å². The van der Waals surface area contributed by atoms with E-state index in [0.717, 1.165) is 5.56 Å². The van der Waals surface area contributed by atoms with Crippen molar-refractivity contribution in [2.45, 2.75) is 98.6 Å². The molecule has 1 saturated heterocycles. The first-order valence-corrected chi connectivity index (χ1v) is 16.0. The third-order valence-electron chi connectivity index (χ3n) is 8.65. The summed E-state index contributed by atoms with van der Waals surface area (Å²) in [5.74, 6) is -0.0788. The smallest absolute Gasteiger partial charge is 0.407 e. The highest BCUT2D eigenvalue weighted by Crippen LogP contribution is 2.41. The molecular formula is C35H48N4O7. The number of carbonyl (C=O) groups is 4. The van der Waals surface area contributed by atoms with Crippen molar-refractivity contribution in [2.75, 3.05) is 24.5 Å². The van der Waals surface area contributed by atoms with Gasteiger partial charge in [-0.15, -0.1) is 0 Å². The minimum atomic E-state index is -1.16. The summed E-state index contributed by atoms with van der Waals surface area (Å²) in [4.78, 5) is 57.6. The lowest BCUT2D eigenvalue weighted by Gasteiger charge is -2.51. The number of carboxylic acid groups (broad SMARTS) is 1. The van der Waals surface area contributed by atoms with Gasteiger partial charge < -0.3 is 34.6 Å². The van der Waals surface area contributed by atoms with Crippen molar-refractivity contribution in [3.63, 3.8) is 0 Å². The van der Waals surface area contributed by atoms with Crippen LogP contribution >= 0.6 is 0 Å². The Kier molecular flexibility index (Phi) is 10.2. The van der Waals surface area contributed by atoms with Gasteiger partial charge >= 0.3 is 12.2 Å². The molecule has 250 valence electrons. The summed E-state index contributed by atoms with van der Waals surface area (Å²) in [6.45, 7) is 15.9. The van der Waals surface area contributed by atoms with Crippen LogP contribution < -0.4 is 15.0 Å². The molecule has 0 spiro atoms. The zero-order valence-corrected chi connectivity index (χ0v) is 28.3. The Morgan fingerprint density at radius 3 is 2.43 bits per heavy atom. The zero-order valence-electron chi connectivity index (χ0n) is 28.3. The number of fused-ring (bicyclic) bond motifs is 1. The number of benzene rings is 2. The first-order chi connectivity index (χ1) is 21.5. The van der Waals surface area contributed by atoms with Gasteiger partial charge in [-0.05, 0) is 76.1 Å². The Balaban J connectivity index is 1.61. The summed E-state index contributed by atoms with van der Waals surface area (Å²) < 4.78 is 11.4. The normalized spacial score (nSPS) is 19.3. The van der Waals surface area contributed by atoms with Crippen LogP contribution in [0, 0.1) is 12.3 Å². The number of anilines is 1. The lowest BCUT2D eigenvalue weighted by atomic mass is 9.76. The second-order valence-corrected chi connectivity index (χ2v) is 14.0. The number of nitrogens with zero attached hydrogens (tertiary/aromatic N) is 3. The minimum Gasteiger partial charge on any atom is -0.476 e. The molecule has 46 heavy (non-hydrogen) atoms. The number of rotatable bonds is 8. The van der Waals surface area contributed by atoms with Gasteiger partial charge in [-0.25, -0.2) is 9.59 Å². The number of carbonyl (C=O) groups excluding carboxylic acids is 3. The largest absolute Gasteiger partial charge is 0.476 e. The average Bonchev–Trinajstić information content (AvgIpc) is 2.97. The van der Waals surface area contributed by atoms with Gasteiger partial charge in [-0.1, -0.05) is 51.1 Å². The van der Waals surface area contributed by atoms with Gasteiger partial charge in [-0.3, -0.25) is 9.59 Å². The van der Waals surface area contributed by atoms with Crippen molar-refractivity contribution in [1.82, 2.24) is 15.1 Å². The van der Waals surface area contributed by atoms with Gasteiger partial charge in [0.25, 0.3) is 11.8 Å². The Morgan fingerprint density at radius 1 is 1.15 bits per heavy atom. The van der Waals surface area contributed by atoms with Gasteiger partial charge in [0, 0.05) is 31.2 Å². The van der Waals surface area contributed by atoms with E-state index in [1.54, 1.807) is 26.0 Å². The molecule has 11 nitrogen and oxygen atoms in total. The Labute approximate surface area is 271 Å². The van der Waals surface area contributed by atoms with Gasteiger partial charge in [-0.2, -0.15) is 0 Å². The van der Waals surface area contributed by atoms with E-state index in [1.165, 1.54) is 9.80 Å². The number of aryl methyl sites for hydroxylation is 1. The minimum absolute atomic E-state index is 0.116. The monoisotopic (exact) mass is 636 g/mol. The fraction of sp³-hybridized carbons (Fsp3) is 0.543. The standard InChI is InChI=1S/C35H48N4O7/c1-22(2)39(26-15-12-17-38(33(43)44)29(26)34(4,5)6)30(40)25-20-27-28(19-23(25)3)46-35(7,8)31(41)37(27)18-16-36-32(42)45-21-24-13-10-9-11-14-24/h9-11,13-14,19-20,22,26,29H,12,15-18,21H2,1-8H3,(H,36,42)(H,43,44)/t26-,29?/m1/s1. The van der Waals surface area contributed by atoms with Crippen LogP contribution in [-0.2, 0) is 16.1 Å².